The van der Waals surface area contributed by atoms with Gasteiger partial charge in [0.25, 0.3) is 0 Å². The van der Waals surface area contributed by atoms with Gasteiger partial charge in [-0.1, -0.05) is 18.2 Å². The first-order chi connectivity index (χ1) is 11.1. The maximum atomic E-state index is 12.2. The summed E-state index contributed by atoms with van der Waals surface area (Å²) >= 11 is 0. The molecule has 0 aliphatic rings. The van der Waals surface area contributed by atoms with Gasteiger partial charge in [-0.25, -0.2) is 0 Å². The molecule has 1 aromatic heterocycles. The lowest BCUT2D eigenvalue weighted by Crippen LogP contribution is -2.29. The van der Waals surface area contributed by atoms with Gasteiger partial charge in [0.2, 0.25) is 17.7 Å². The molecular weight excluding hydrogens is 294 g/mol. The van der Waals surface area contributed by atoms with Crippen molar-refractivity contribution in [1.29, 1.82) is 0 Å². The SMILES string of the molecule is CC(=O)NCCCNC(=O)CCC(=O)n1ccc2ccccc21. The highest BCUT2D eigenvalue weighted by Gasteiger charge is 2.10. The lowest BCUT2D eigenvalue weighted by atomic mass is 10.2. The Morgan fingerprint density at radius 1 is 1.00 bits per heavy atom. The number of hydrogen-bond donors (Lipinski definition) is 2. The largest absolute Gasteiger partial charge is 0.356 e. The van der Waals surface area contributed by atoms with Gasteiger partial charge in [0, 0.05) is 44.4 Å². The quantitative estimate of drug-likeness (QED) is 0.763. The summed E-state index contributed by atoms with van der Waals surface area (Å²) < 4.78 is 1.58. The third-order valence-electron chi connectivity index (χ3n) is 3.48. The molecule has 0 radical (unpaired) electrons. The maximum Gasteiger partial charge on any atom is 0.231 e. The molecule has 0 saturated carbocycles. The van der Waals surface area contributed by atoms with Crippen LogP contribution in [0.1, 0.15) is 31.0 Å². The molecule has 0 spiro atoms. The molecule has 6 heteroatoms. The van der Waals surface area contributed by atoms with Crippen molar-refractivity contribution in [3.63, 3.8) is 0 Å². The van der Waals surface area contributed by atoms with E-state index in [0.717, 1.165) is 10.9 Å². The van der Waals surface area contributed by atoms with Crippen molar-refractivity contribution in [2.45, 2.75) is 26.2 Å². The predicted molar refractivity (Wildman–Crippen MR) is 88.1 cm³/mol. The maximum absolute atomic E-state index is 12.2. The van der Waals surface area contributed by atoms with Crippen LogP contribution in [0.4, 0.5) is 0 Å². The number of amides is 2. The summed E-state index contributed by atoms with van der Waals surface area (Å²) in [6.07, 6.45) is 2.72. The van der Waals surface area contributed by atoms with E-state index in [4.69, 9.17) is 0 Å². The molecule has 2 amide bonds. The van der Waals surface area contributed by atoms with Crippen LogP contribution in [0.25, 0.3) is 10.9 Å². The van der Waals surface area contributed by atoms with Gasteiger partial charge in [-0.2, -0.15) is 0 Å². The van der Waals surface area contributed by atoms with E-state index in [0.29, 0.717) is 19.5 Å². The van der Waals surface area contributed by atoms with E-state index in [-0.39, 0.29) is 30.6 Å². The standard InChI is InChI=1S/C17H21N3O3/c1-13(21)18-10-4-11-19-16(22)7-8-17(23)20-12-9-14-5-2-3-6-15(14)20/h2-3,5-6,9,12H,4,7-8,10-11H2,1H3,(H,18,21)(H,19,22). The molecule has 0 atom stereocenters. The minimum atomic E-state index is -0.155. The second-order valence-electron chi connectivity index (χ2n) is 5.32. The number of rotatable bonds is 7. The minimum absolute atomic E-state index is 0.0825. The summed E-state index contributed by atoms with van der Waals surface area (Å²) in [4.78, 5) is 34.6. The molecule has 1 aromatic carbocycles. The van der Waals surface area contributed by atoms with Gasteiger partial charge in [-0.3, -0.25) is 19.0 Å². The van der Waals surface area contributed by atoms with Gasteiger partial charge in [0.15, 0.2) is 0 Å². The van der Waals surface area contributed by atoms with Crippen LogP contribution < -0.4 is 10.6 Å². The fourth-order valence-electron chi connectivity index (χ4n) is 2.31. The third-order valence-corrected chi connectivity index (χ3v) is 3.48. The van der Waals surface area contributed by atoms with Gasteiger partial charge >= 0.3 is 0 Å². The van der Waals surface area contributed by atoms with Crippen molar-refractivity contribution < 1.29 is 14.4 Å². The molecule has 2 aromatic rings. The van der Waals surface area contributed by atoms with Gasteiger partial charge in [-0.05, 0) is 18.6 Å². The fourth-order valence-corrected chi connectivity index (χ4v) is 2.31. The number of carbonyl (C=O) groups excluding carboxylic acids is 3. The topological polar surface area (TPSA) is 80.2 Å². The lowest BCUT2D eigenvalue weighted by Gasteiger charge is -2.06. The second kappa shape index (κ2) is 8.12. The predicted octanol–water partition coefficient (Wildman–Crippen LogP) is 1.70. The highest BCUT2D eigenvalue weighted by molar-refractivity contribution is 5.93. The van der Waals surface area contributed by atoms with Crippen molar-refractivity contribution in [2.75, 3.05) is 13.1 Å². The fraction of sp³-hybridized carbons (Fsp3) is 0.353. The van der Waals surface area contributed by atoms with E-state index in [1.165, 1.54) is 6.92 Å². The van der Waals surface area contributed by atoms with E-state index in [9.17, 15) is 14.4 Å². The number of fused-ring (bicyclic) bond motifs is 1. The van der Waals surface area contributed by atoms with Crippen LogP contribution in [0.5, 0.6) is 0 Å². The molecule has 23 heavy (non-hydrogen) atoms. The summed E-state index contributed by atoms with van der Waals surface area (Å²) in [6, 6.07) is 9.52. The number of nitrogens with one attached hydrogen (secondary N) is 2. The molecular formula is C17H21N3O3. The first kappa shape index (κ1) is 16.7. The van der Waals surface area contributed by atoms with Crippen molar-refractivity contribution in [2.24, 2.45) is 0 Å². The molecule has 2 rings (SSSR count). The summed E-state index contributed by atoms with van der Waals surface area (Å²) in [5.41, 5.74) is 0.855. The molecule has 0 fully saturated rings. The number of hydrogen-bond acceptors (Lipinski definition) is 3. The Bertz CT molecular complexity index is 706. The second-order valence-corrected chi connectivity index (χ2v) is 5.32. The Balaban J connectivity index is 1.74. The number of aromatic nitrogens is 1. The van der Waals surface area contributed by atoms with Crippen molar-refractivity contribution in [1.82, 2.24) is 15.2 Å². The van der Waals surface area contributed by atoms with Crippen molar-refractivity contribution in [3.8, 4) is 0 Å². The lowest BCUT2D eigenvalue weighted by molar-refractivity contribution is -0.121. The Kier molecular flexibility index (Phi) is 5.91. The van der Waals surface area contributed by atoms with Crippen molar-refractivity contribution in [3.05, 3.63) is 36.5 Å². The van der Waals surface area contributed by atoms with E-state index in [2.05, 4.69) is 10.6 Å². The van der Waals surface area contributed by atoms with Crippen LogP contribution in [0.3, 0.4) is 0 Å². The number of para-hydroxylation sites is 1. The zero-order valence-electron chi connectivity index (χ0n) is 13.2. The summed E-state index contributed by atoms with van der Waals surface area (Å²) in [5, 5.41) is 6.40. The highest BCUT2D eigenvalue weighted by Crippen LogP contribution is 2.15. The Labute approximate surface area is 134 Å². The van der Waals surface area contributed by atoms with Crippen LogP contribution in [-0.4, -0.2) is 35.4 Å². The van der Waals surface area contributed by atoms with Crippen LogP contribution in [0, 0.1) is 0 Å². The monoisotopic (exact) mass is 315 g/mol. The van der Waals surface area contributed by atoms with Gasteiger partial charge < -0.3 is 10.6 Å². The zero-order chi connectivity index (χ0) is 16.7. The summed E-state index contributed by atoms with van der Waals surface area (Å²) in [5.74, 6) is -0.335. The first-order valence-corrected chi connectivity index (χ1v) is 7.68. The van der Waals surface area contributed by atoms with Gasteiger partial charge in [0.05, 0.1) is 5.52 Å². The van der Waals surface area contributed by atoms with E-state index in [1.54, 1.807) is 10.8 Å². The summed E-state index contributed by atoms with van der Waals surface area (Å²) in [6.45, 7) is 2.47. The number of benzene rings is 1. The molecule has 122 valence electrons. The van der Waals surface area contributed by atoms with Gasteiger partial charge in [0.1, 0.15) is 0 Å². The highest BCUT2D eigenvalue weighted by atomic mass is 16.2. The first-order valence-electron chi connectivity index (χ1n) is 7.68. The smallest absolute Gasteiger partial charge is 0.231 e. The molecule has 6 nitrogen and oxygen atoms in total. The third kappa shape index (κ3) is 4.95. The van der Waals surface area contributed by atoms with E-state index in [1.807, 2.05) is 30.3 Å². The van der Waals surface area contributed by atoms with Crippen LogP contribution in [0.2, 0.25) is 0 Å². The molecule has 0 saturated heterocycles. The molecule has 1 heterocycles. The molecule has 0 bridgehead atoms. The normalized spacial score (nSPS) is 10.5. The van der Waals surface area contributed by atoms with Gasteiger partial charge in [-0.15, -0.1) is 0 Å². The molecule has 2 N–H and O–H groups in total. The number of carbonyl (C=O) groups is 3. The molecule has 0 aliphatic carbocycles. The average Bonchev–Trinajstić information content (AvgIpc) is 2.96. The van der Waals surface area contributed by atoms with Crippen LogP contribution >= 0.6 is 0 Å². The Morgan fingerprint density at radius 3 is 2.52 bits per heavy atom. The van der Waals surface area contributed by atoms with Crippen LogP contribution in [0.15, 0.2) is 36.5 Å². The average molecular weight is 315 g/mol. The Morgan fingerprint density at radius 2 is 1.74 bits per heavy atom. The molecule has 0 unspecified atom stereocenters. The van der Waals surface area contributed by atoms with Crippen molar-refractivity contribution >= 4 is 28.6 Å². The Hall–Kier alpha value is -2.63. The minimum Gasteiger partial charge on any atom is -0.356 e. The van der Waals surface area contributed by atoms with E-state index < -0.39 is 0 Å². The van der Waals surface area contributed by atoms with E-state index >= 15 is 0 Å². The summed E-state index contributed by atoms with van der Waals surface area (Å²) in [7, 11) is 0. The van der Waals surface area contributed by atoms with Crippen LogP contribution in [-0.2, 0) is 9.59 Å². The molecule has 0 aliphatic heterocycles. The number of nitrogens with zero attached hydrogens (tertiary/aromatic N) is 1. The zero-order valence-corrected chi connectivity index (χ0v) is 13.2.